The van der Waals surface area contributed by atoms with Crippen molar-refractivity contribution >= 4 is 11.4 Å². The molecule has 0 saturated carbocycles. The normalized spacial score (nSPS) is 10.7. The molecule has 18 heavy (non-hydrogen) atoms. The van der Waals surface area contributed by atoms with Gasteiger partial charge in [0.05, 0.1) is 25.1 Å². The van der Waals surface area contributed by atoms with Crippen LogP contribution in [0.5, 0.6) is 5.75 Å². The second-order valence-corrected chi connectivity index (χ2v) is 4.73. The largest absolute Gasteiger partial charge is 0.495 e. The SMILES string of the molecule is COCCN(CC(C)C)c1cccc(OC)c1N. The van der Waals surface area contributed by atoms with Crippen LogP contribution in [0, 0.1) is 5.92 Å². The summed E-state index contributed by atoms with van der Waals surface area (Å²) in [6.45, 7) is 6.84. The molecule has 0 aliphatic rings. The van der Waals surface area contributed by atoms with Gasteiger partial charge < -0.3 is 20.1 Å². The van der Waals surface area contributed by atoms with Gasteiger partial charge in [-0.2, -0.15) is 0 Å². The highest BCUT2D eigenvalue weighted by molar-refractivity contribution is 5.74. The lowest BCUT2D eigenvalue weighted by molar-refractivity contribution is 0.204. The van der Waals surface area contributed by atoms with Gasteiger partial charge in [-0.25, -0.2) is 0 Å². The summed E-state index contributed by atoms with van der Waals surface area (Å²) < 4.78 is 10.4. The second-order valence-electron chi connectivity index (χ2n) is 4.73. The third-order valence-corrected chi connectivity index (χ3v) is 2.75. The van der Waals surface area contributed by atoms with E-state index in [1.807, 2.05) is 18.2 Å². The van der Waals surface area contributed by atoms with Gasteiger partial charge in [-0.3, -0.25) is 0 Å². The standard InChI is InChI=1S/C14H24N2O2/c1-11(2)10-16(8-9-17-3)12-6-5-7-13(18-4)14(12)15/h5-7,11H,8-10,15H2,1-4H3. The van der Waals surface area contributed by atoms with Crippen LogP contribution in [-0.2, 0) is 4.74 Å². The fraction of sp³-hybridized carbons (Fsp3) is 0.571. The van der Waals surface area contributed by atoms with Crippen molar-refractivity contribution in [2.24, 2.45) is 5.92 Å². The van der Waals surface area contributed by atoms with Gasteiger partial charge >= 0.3 is 0 Å². The Morgan fingerprint density at radius 3 is 2.56 bits per heavy atom. The van der Waals surface area contributed by atoms with E-state index >= 15 is 0 Å². The van der Waals surface area contributed by atoms with Gasteiger partial charge in [0, 0.05) is 20.2 Å². The van der Waals surface area contributed by atoms with E-state index in [1.165, 1.54) is 0 Å². The van der Waals surface area contributed by atoms with Crippen molar-refractivity contribution < 1.29 is 9.47 Å². The highest BCUT2D eigenvalue weighted by Gasteiger charge is 2.13. The summed E-state index contributed by atoms with van der Waals surface area (Å²) in [7, 11) is 3.35. The van der Waals surface area contributed by atoms with Gasteiger partial charge in [0.2, 0.25) is 0 Å². The molecule has 0 saturated heterocycles. The third-order valence-electron chi connectivity index (χ3n) is 2.75. The van der Waals surface area contributed by atoms with Gasteiger partial charge in [-0.15, -0.1) is 0 Å². The van der Waals surface area contributed by atoms with E-state index in [1.54, 1.807) is 14.2 Å². The molecule has 1 aromatic rings. The van der Waals surface area contributed by atoms with Crippen LogP contribution in [0.25, 0.3) is 0 Å². The number of ether oxygens (including phenoxy) is 2. The second kappa shape index (κ2) is 7.11. The minimum Gasteiger partial charge on any atom is -0.495 e. The van der Waals surface area contributed by atoms with Gasteiger partial charge in [0.1, 0.15) is 5.75 Å². The zero-order valence-electron chi connectivity index (χ0n) is 11.8. The van der Waals surface area contributed by atoms with Crippen LogP contribution in [0.3, 0.4) is 0 Å². The first-order valence-electron chi connectivity index (χ1n) is 6.26. The summed E-state index contributed by atoms with van der Waals surface area (Å²) in [5.41, 5.74) is 7.84. The van der Waals surface area contributed by atoms with E-state index in [0.717, 1.165) is 24.5 Å². The summed E-state index contributed by atoms with van der Waals surface area (Å²) in [5.74, 6) is 1.28. The van der Waals surface area contributed by atoms with Crippen LogP contribution < -0.4 is 15.4 Å². The van der Waals surface area contributed by atoms with Crippen LogP contribution in [0.1, 0.15) is 13.8 Å². The first-order valence-corrected chi connectivity index (χ1v) is 6.26. The van der Waals surface area contributed by atoms with E-state index in [-0.39, 0.29) is 0 Å². The minimum atomic E-state index is 0.562. The lowest BCUT2D eigenvalue weighted by atomic mass is 10.1. The Hall–Kier alpha value is -1.42. The molecular weight excluding hydrogens is 228 g/mol. The molecule has 0 unspecified atom stereocenters. The van der Waals surface area contributed by atoms with Crippen molar-refractivity contribution in [2.45, 2.75) is 13.8 Å². The highest BCUT2D eigenvalue weighted by Crippen LogP contribution is 2.32. The first kappa shape index (κ1) is 14.6. The molecule has 4 nitrogen and oxygen atoms in total. The number of hydrogen-bond acceptors (Lipinski definition) is 4. The lowest BCUT2D eigenvalue weighted by Gasteiger charge is -2.28. The average Bonchev–Trinajstić information content (AvgIpc) is 2.34. The maximum atomic E-state index is 6.13. The Morgan fingerprint density at radius 2 is 2.00 bits per heavy atom. The predicted molar refractivity (Wildman–Crippen MR) is 76.3 cm³/mol. The van der Waals surface area contributed by atoms with Crippen LogP contribution in [-0.4, -0.2) is 33.9 Å². The molecule has 1 aromatic carbocycles. The van der Waals surface area contributed by atoms with Crippen molar-refractivity contribution in [3.63, 3.8) is 0 Å². The zero-order valence-corrected chi connectivity index (χ0v) is 11.8. The maximum absolute atomic E-state index is 6.13. The molecule has 0 amide bonds. The Morgan fingerprint density at radius 1 is 1.28 bits per heavy atom. The molecule has 0 heterocycles. The first-order chi connectivity index (χ1) is 8.60. The van der Waals surface area contributed by atoms with Crippen LogP contribution in [0.15, 0.2) is 18.2 Å². The summed E-state index contributed by atoms with van der Waals surface area (Å²) in [5, 5.41) is 0. The molecule has 0 aromatic heterocycles. The Labute approximate surface area is 110 Å². The number of nitrogen functional groups attached to an aromatic ring is 1. The molecule has 0 radical (unpaired) electrons. The third kappa shape index (κ3) is 3.81. The van der Waals surface area contributed by atoms with E-state index in [0.29, 0.717) is 18.2 Å². The fourth-order valence-corrected chi connectivity index (χ4v) is 1.94. The van der Waals surface area contributed by atoms with E-state index in [9.17, 15) is 0 Å². The monoisotopic (exact) mass is 252 g/mol. The van der Waals surface area contributed by atoms with E-state index < -0.39 is 0 Å². The van der Waals surface area contributed by atoms with Crippen LogP contribution >= 0.6 is 0 Å². The number of anilines is 2. The average molecular weight is 252 g/mol. The van der Waals surface area contributed by atoms with Crippen LogP contribution in [0.4, 0.5) is 11.4 Å². The van der Waals surface area contributed by atoms with Gasteiger partial charge in [0.15, 0.2) is 0 Å². The number of methoxy groups -OCH3 is 2. The Balaban J connectivity index is 2.96. The molecular formula is C14H24N2O2. The predicted octanol–water partition coefficient (Wildman–Crippen LogP) is 2.39. The number of nitrogens with two attached hydrogens (primary N) is 1. The van der Waals surface area contributed by atoms with Crippen molar-refractivity contribution in [1.29, 1.82) is 0 Å². The molecule has 0 atom stereocenters. The van der Waals surface area contributed by atoms with Crippen molar-refractivity contribution in [1.82, 2.24) is 0 Å². The minimum absolute atomic E-state index is 0.562. The maximum Gasteiger partial charge on any atom is 0.143 e. The topological polar surface area (TPSA) is 47.7 Å². The van der Waals surface area contributed by atoms with Crippen molar-refractivity contribution in [3.8, 4) is 5.75 Å². The summed E-state index contributed by atoms with van der Waals surface area (Å²) in [4.78, 5) is 2.24. The number of para-hydroxylation sites is 1. The number of rotatable bonds is 7. The lowest BCUT2D eigenvalue weighted by Crippen LogP contribution is -2.31. The van der Waals surface area contributed by atoms with Gasteiger partial charge in [-0.05, 0) is 18.1 Å². The van der Waals surface area contributed by atoms with Crippen molar-refractivity contribution in [3.05, 3.63) is 18.2 Å². The van der Waals surface area contributed by atoms with Crippen LogP contribution in [0.2, 0.25) is 0 Å². The molecule has 0 aliphatic carbocycles. The van der Waals surface area contributed by atoms with Gasteiger partial charge in [-0.1, -0.05) is 19.9 Å². The number of benzene rings is 1. The molecule has 0 spiro atoms. The van der Waals surface area contributed by atoms with Gasteiger partial charge in [0.25, 0.3) is 0 Å². The molecule has 0 fully saturated rings. The Bertz CT molecular complexity index is 367. The number of nitrogens with zero attached hydrogens (tertiary/aromatic N) is 1. The molecule has 2 N–H and O–H groups in total. The molecule has 1 rings (SSSR count). The molecule has 4 heteroatoms. The quantitative estimate of drug-likeness (QED) is 0.757. The molecule has 0 bridgehead atoms. The Kier molecular flexibility index (Phi) is 5.78. The molecule has 102 valence electrons. The zero-order chi connectivity index (χ0) is 13.5. The van der Waals surface area contributed by atoms with E-state index in [2.05, 4.69) is 18.7 Å². The summed E-state index contributed by atoms with van der Waals surface area (Å²) in [6.07, 6.45) is 0. The number of hydrogen-bond donors (Lipinski definition) is 1. The fourth-order valence-electron chi connectivity index (χ4n) is 1.94. The molecule has 0 aliphatic heterocycles. The summed E-state index contributed by atoms with van der Waals surface area (Å²) >= 11 is 0. The van der Waals surface area contributed by atoms with E-state index in [4.69, 9.17) is 15.2 Å². The summed E-state index contributed by atoms with van der Waals surface area (Å²) in [6, 6.07) is 5.86. The smallest absolute Gasteiger partial charge is 0.143 e. The van der Waals surface area contributed by atoms with Crippen molar-refractivity contribution in [2.75, 3.05) is 44.5 Å². The highest BCUT2D eigenvalue weighted by atomic mass is 16.5.